The highest BCUT2D eigenvalue weighted by Gasteiger charge is 2.06. The summed E-state index contributed by atoms with van der Waals surface area (Å²) in [6.07, 6.45) is 0.0121. The number of nitrogens with two attached hydrogens (primary N) is 1. The number of benzene rings is 1. The first-order valence-corrected chi connectivity index (χ1v) is 4.55. The Morgan fingerprint density at radius 2 is 2.00 bits per heavy atom. The molecule has 0 bridgehead atoms. The minimum absolute atomic E-state index is 0.0121. The van der Waals surface area contributed by atoms with Crippen molar-refractivity contribution in [1.29, 1.82) is 0 Å². The average molecular weight is 230 g/mol. The molecule has 1 aromatic rings. The number of halogens is 1. The lowest BCUT2D eigenvalue weighted by Gasteiger charge is -2.12. The Hall–Kier alpha value is -0.380. The SMILES string of the molecule is COC(CN)c1ccc(Br)cc1. The zero-order valence-electron chi connectivity index (χ0n) is 6.96. The summed E-state index contributed by atoms with van der Waals surface area (Å²) in [5.74, 6) is 0. The van der Waals surface area contributed by atoms with E-state index < -0.39 is 0 Å². The van der Waals surface area contributed by atoms with Crippen molar-refractivity contribution in [1.82, 2.24) is 0 Å². The van der Waals surface area contributed by atoms with Crippen LogP contribution in [0.5, 0.6) is 0 Å². The van der Waals surface area contributed by atoms with Gasteiger partial charge in [-0.3, -0.25) is 0 Å². The van der Waals surface area contributed by atoms with Gasteiger partial charge in [-0.2, -0.15) is 0 Å². The molecule has 0 fully saturated rings. The van der Waals surface area contributed by atoms with Crippen molar-refractivity contribution in [3.8, 4) is 0 Å². The van der Waals surface area contributed by atoms with Crippen molar-refractivity contribution in [3.63, 3.8) is 0 Å². The van der Waals surface area contributed by atoms with Gasteiger partial charge in [0.15, 0.2) is 0 Å². The maximum atomic E-state index is 5.52. The summed E-state index contributed by atoms with van der Waals surface area (Å²) >= 11 is 3.37. The molecule has 2 N–H and O–H groups in total. The zero-order chi connectivity index (χ0) is 8.97. The minimum atomic E-state index is 0.0121. The summed E-state index contributed by atoms with van der Waals surface area (Å²) in [7, 11) is 1.67. The third-order valence-electron chi connectivity index (χ3n) is 1.74. The van der Waals surface area contributed by atoms with Crippen molar-refractivity contribution >= 4 is 15.9 Å². The van der Waals surface area contributed by atoms with Gasteiger partial charge in [-0.25, -0.2) is 0 Å². The third-order valence-corrected chi connectivity index (χ3v) is 2.27. The van der Waals surface area contributed by atoms with Gasteiger partial charge in [-0.05, 0) is 17.7 Å². The highest BCUT2D eigenvalue weighted by atomic mass is 79.9. The molecule has 0 saturated heterocycles. The molecule has 0 aliphatic carbocycles. The summed E-state index contributed by atoms with van der Waals surface area (Å²) in [6.45, 7) is 0.512. The van der Waals surface area contributed by atoms with Crippen molar-refractivity contribution in [3.05, 3.63) is 34.3 Å². The van der Waals surface area contributed by atoms with E-state index in [4.69, 9.17) is 10.5 Å². The molecule has 1 aromatic carbocycles. The van der Waals surface area contributed by atoms with Crippen LogP contribution in [0.25, 0.3) is 0 Å². The fraction of sp³-hybridized carbons (Fsp3) is 0.333. The van der Waals surface area contributed by atoms with Gasteiger partial charge < -0.3 is 10.5 Å². The molecule has 1 unspecified atom stereocenters. The Labute approximate surface area is 80.8 Å². The van der Waals surface area contributed by atoms with Crippen LogP contribution in [0.4, 0.5) is 0 Å². The van der Waals surface area contributed by atoms with E-state index in [1.54, 1.807) is 7.11 Å². The Bertz CT molecular complexity index is 231. The highest BCUT2D eigenvalue weighted by molar-refractivity contribution is 9.10. The second-order valence-corrected chi connectivity index (χ2v) is 3.43. The van der Waals surface area contributed by atoms with Gasteiger partial charge in [0.1, 0.15) is 0 Å². The second kappa shape index (κ2) is 4.60. The van der Waals surface area contributed by atoms with Crippen LogP contribution in [0.15, 0.2) is 28.7 Å². The van der Waals surface area contributed by atoms with Gasteiger partial charge in [-0.1, -0.05) is 28.1 Å². The highest BCUT2D eigenvalue weighted by Crippen LogP contribution is 2.17. The van der Waals surface area contributed by atoms with E-state index in [2.05, 4.69) is 15.9 Å². The molecule has 0 spiro atoms. The Morgan fingerprint density at radius 3 is 2.42 bits per heavy atom. The van der Waals surface area contributed by atoms with Crippen molar-refractivity contribution < 1.29 is 4.74 Å². The van der Waals surface area contributed by atoms with Gasteiger partial charge in [0.25, 0.3) is 0 Å². The monoisotopic (exact) mass is 229 g/mol. The van der Waals surface area contributed by atoms with Crippen LogP contribution in [0.1, 0.15) is 11.7 Å². The maximum Gasteiger partial charge on any atom is 0.0943 e. The summed E-state index contributed by atoms with van der Waals surface area (Å²) < 4.78 is 6.25. The molecule has 66 valence electrons. The standard InChI is InChI=1S/C9H12BrNO/c1-12-9(6-11)7-2-4-8(10)5-3-7/h2-5,9H,6,11H2,1H3. The van der Waals surface area contributed by atoms with E-state index in [0.717, 1.165) is 10.0 Å². The fourth-order valence-corrected chi connectivity index (χ4v) is 1.31. The molecule has 0 heterocycles. The number of hydrogen-bond donors (Lipinski definition) is 1. The largest absolute Gasteiger partial charge is 0.375 e. The van der Waals surface area contributed by atoms with E-state index in [-0.39, 0.29) is 6.10 Å². The normalized spacial score (nSPS) is 12.9. The smallest absolute Gasteiger partial charge is 0.0943 e. The third kappa shape index (κ3) is 2.30. The van der Waals surface area contributed by atoms with Crippen molar-refractivity contribution in [2.24, 2.45) is 5.73 Å². The minimum Gasteiger partial charge on any atom is -0.375 e. The number of methoxy groups -OCH3 is 1. The Kier molecular flexibility index (Phi) is 3.72. The Balaban J connectivity index is 2.80. The predicted octanol–water partition coefficient (Wildman–Crippen LogP) is 2.10. The second-order valence-electron chi connectivity index (χ2n) is 2.51. The quantitative estimate of drug-likeness (QED) is 0.862. The van der Waals surface area contributed by atoms with Gasteiger partial charge in [0.2, 0.25) is 0 Å². The Morgan fingerprint density at radius 1 is 1.42 bits per heavy atom. The molecule has 1 rings (SSSR count). The number of hydrogen-bond acceptors (Lipinski definition) is 2. The van der Waals surface area contributed by atoms with Gasteiger partial charge >= 0.3 is 0 Å². The van der Waals surface area contributed by atoms with Crippen LogP contribution in [0.3, 0.4) is 0 Å². The van der Waals surface area contributed by atoms with Crippen molar-refractivity contribution in [2.75, 3.05) is 13.7 Å². The van der Waals surface area contributed by atoms with Crippen LogP contribution in [0.2, 0.25) is 0 Å². The van der Waals surface area contributed by atoms with E-state index in [1.807, 2.05) is 24.3 Å². The van der Waals surface area contributed by atoms with Crippen LogP contribution >= 0.6 is 15.9 Å². The average Bonchev–Trinajstić information content (AvgIpc) is 2.10. The maximum absolute atomic E-state index is 5.52. The summed E-state index contributed by atoms with van der Waals surface area (Å²) in [5.41, 5.74) is 6.63. The van der Waals surface area contributed by atoms with Gasteiger partial charge in [-0.15, -0.1) is 0 Å². The summed E-state index contributed by atoms with van der Waals surface area (Å²) in [5, 5.41) is 0. The molecule has 0 aromatic heterocycles. The van der Waals surface area contributed by atoms with Crippen LogP contribution < -0.4 is 5.73 Å². The number of rotatable bonds is 3. The lowest BCUT2D eigenvalue weighted by Crippen LogP contribution is -2.13. The molecule has 0 aliphatic heterocycles. The summed E-state index contributed by atoms with van der Waals surface area (Å²) in [4.78, 5) is 0. The molecule has 0 radical (unpaired) electrons. The molecule has 2 nitrogen and oxygen atoms in total. The van der Waals surface area contributed by atoms with Crippen LogP contribution in [-0.2, 0) is 4.74 Å². The summed E-state index contributed by atoms with van der Waals surface area (Å²) in [6, 6.07) is 7.98. The fourth-order valence-electron chi connectivity index (χ4n) is 1.05. The van der Waals surface area contributed by atoms with Gasteiger partial charge in [0.05, 0.1) is 6.10 Å². The van der Waals surface area contributed by atoms with E-state index in [0.29, 0.717) is 6.54 Å². The van der Waals surface area contributed by atoms with Crippen LogP contribution in [0, 0.1) is 0 Å². The lowest BCUT2D eigenvalue weighted by molar-refractivity contribution is 0.110. The molecule has 0 amide bonds. The molecule has 0 aliphatic rings. The van der Waals surface area contributed by atoms with E-state index in [9.17, 15) is 0 Å². The van der Waals surface area contributed by atoms with Gasteiger partial charge in [0, 0.05) is 18.1 Å². The van der Waals surface area contributed by atoms with E-state index >= 15 is 0 Å². The molecule has 3 heteroatoms. The number of ether oxygens (including phenoxy) is 1. The van der Waals surface area contributed by atoms with E-state index in [1.165, 1.54) is 0 Å². The first-order chi connectivity index (χ1) is 5.77. The molecule has 1 atom stereocenters. The first-order valence-electron chi connectivity index (χ1n) is 3.76. The predicted molar refractivity (Wildman–Crippen MR) is 52.9 cm³/mol. The molecule has 12 heavy (non-hydrogen) atoms. The van der Waals surface area contributed by atoms with Crippen LogP contribution in [-0.4, -0.2) is 13.7 Å². The molecule has 0 saturated carbocycles. The van der Waals surface area contributed by atoms with Crippen molar-refractivity contribution in [2.45, 2.75) is 6.10 Å². The zero-order valence-corrected chi connectivity index (χ0v) is 8.54. The first kappa shape index (κ1) is 9.71. The molecular weight excluding hydrogens is 218 g/mol. The molecular formula is C9H12BrNO. The lowest BCUT2D eigenvalue weighted by atomic mass is 10.1. The topological polar surface area (TPSA) is 35.2 Å².